The molecule has 76 valence electrons. The van der Waals surface area contributed by atoms with Crippen molar-refractivity contribution in [1.29, 1.82) is 0 Å². The molecule has 0 aromatic carbocycles. The molecule has 0 aromatic heterocycles. The van der Waals surface area contributed by atoms with Gasteiger partial charge >= 0.3 is 0 Å². The average molecular weight is 186 g/mol. The SMILES string of the molecule is CCC(C)[C@H](N)C(=O)N1CC(O)C1. The second-order valence-electron chi connectivity index (χ2n) is 3.81. The lowest BCUT2D eigenvalue weighted by atomic mass is 9.97. The largest absolute Gasteiger partial charge is 0.389 e. The summed E-state index contributed by atoms with van der Waals surface area (Å²) in [7, 11) is 0. The van der Waals surface area contributed by atoms with E-state index in [0.717, 1.165) is 6.42 Å². The maximum Gasteiger partial charge on any atom is 0.239 e. The minimum absolute atomic E-state index is 0.0281. The first kappa shape index (κ1) is 10.5. The maximum absolute atomic E-state index is 11.6. The van der Waals surface area contributed by atoms with Gasteiger partial charge in [0.15, 0.2) is 0 Å². The first-order chi connectivity index (χ1) is 6.06. The molecule has 0 aromatic rings. The van der Waals surface area contributed by atoms with Crippen molar-refractivity contribution in [2.75, 3.05) is 13.1 Å². The molecule has 0 aliphatic carbocycles. The zero-order valence-electron chi connectivity index (χ0n) is 8.23. The number of nitrogens with two attached hydrogens (primary N) is 1. The molecule has 0 bridgehead atoms. The van der Waals surface area contributed by atoms with Crippen molar-refractivity contribution < 1.29 is 9.90 Å². The van der Waals surface area contributed by atoms with Gasteiger partial charge < -0.3 is 15.7 Å². The van der Waals surface area contributed by atoms with Crippen molar-refractivity contribution in [2.45, 2.75) is 32.4 Å². The Balaban J connectivity index is 2.39. The quantitative estimate of drug-likeness (QED) is 0.628. The van der Waals surface area contributed by atoms with Crippen LogP contribution in [-0.2, 0) is 4.79 Å². The Hall–Kier alpha value is -0.610. The summed E-state index contributed by atoms with van der Waals surface area (Å²) in [6.45, 7) is 4.88. The highest BCUT2D eigenvalue weighted by atomic mass is 16.3. The topological polar surface area (TPSA) is 66.6 Å². The van der Waals surface area contributed by atoms with Crippen LogP contribution >= 0.6 is 0 Å². The third kappa shape index (κ3) is 2.19. The van der Waals surface area contributed by atoms with Crippen LogP contribution in [0.15, 0.2) is 0 Å². The number of carbonyl (C=O) groups is 1. The summed E-state index contributed by atoms with van der Waals surface area (Å²) in [6, 6.07) is -0.405. The smallest absolute Gasteiger partial charge is 0.239 e. The standard InChI is InChI=1S/C9H18N2O2/c1-3-6(2)8(10)9(13)11-4-7(12)5-11/h6-8,12H,3-5,10H2,1-2H3/t6?,8-/m0/s1. The number of nitrogens with zero attached hydrogens (tertiary/aromatic N) is 1. The molecule has 0 saturated carbocycles. The lowest BCUT2D eigenvalue weighted by molar-refractivity contribution is -0.143. The van der Waals surface area contributed by atoms with E-state index in [1.165, 1.54) is 0 Å². The van der Waals surface area contributed by atoms with Crippen LogP contribution in [0.1, 0.15) is 20.3 Å². The van der Waals surface area contributed by atoms with Crippen molar-refractivity contribution >= 4 is 5.91 Å². The number of aliphatic hydroxyl groups excluding tert-OH is 1. The Kier molecular flexibility index (Phi) is 3.27. The van der Waals surface area contributed by atoms with E-state index in [1.54, 1.807) is 4.90 Å². The van der Waals surface area contributed by atoms with Gasteiger partial charge in [0.2, 0.25) is 5.91 Å². The van der Waals surface area contributed by atoms with E-state index in [2.05, 4.69) is 0 Å². The van der Waals surface area contributed by atoms with E-state index in [-0.39, 0.29) is 17.9 Å². The van der Waals surface area contributed by atoms with Gasteiger partial charge in [0, 0.05) is 13.1 Å². The summed E-state index contributed by atoms with van der Waals surface area (Å²) in [5.74, 6) is 0.185. The molecule has 1 unspecified atom stereocenters. The van der Waals surface area contributed by atoms with Crippen molar-refractivity contribution in [2.24, 2.45) is 11.7 Å². The molecule has 13 heavy (non-hydrogen) atoms. The van der Waals surface area contributed by atoms with Crippen molar-refractivity contribution in [3.63, 3.8) is 0 Å². The monoisotopic (exact) mass is 186 g/mol. The second kappa shape index (κ2) is 4.07. The van der Waals surface area contributed by atoms with Crippen LogP contribution in [0.4, 0.5) is 0 Å². The van der Waals surface area contributed by atoms with E-state index < -0.39 is 6.04 Å². The number of β-amino-alcohol motifs (C(OH)–C–C–N with tert-alkyl or cyclic N) is 1. The normalized spacial score (nSPS) is 22.3. The number of amides is 1. The Labute approximate surface area is 78.7 Å². The summed E-state index contributed by atoms with van der Waals surface area (Å²) in [6.07, 6.45) is 0.566. The zero-order chi connectivity index (χ0) is 10.0. The van der Waals surface area contributed by atoms with Gasteiger partial charge in [-0.15, -0.1) is 0 Å². The molecule has 0 spiro atoms. The van der Waals surface area contributed by atoms with Gasteiger partial charge in [0.1, 0.15) is 0 Å². The lowest BCUT2D eigenvalue weighted by Gasteiger charge is -2.38. The third-order valence-electron chi connectivity index (χ3n) is 2.72. The average Bonchev–Trinajstić information content (AvgIpc) is 2.09. The van der Waals surface area contributed by atoms with Gasteiger partial charge in [-0.05, 0) is 5.92 Å². The first-order valence-corrected chi connectivity index (χ1v) is 4.78. The highest BCUT2D eigenvalue weighted by Crippen LogP contribution is 2.13. The molecule has 1 amide bonds. The van der Waals surface area contributed by atoms with Crippen molar-refractivity contribution in [3.8, 4) is 0 Å². The molecular formula is C9H18N2O2. The fraction of sp³-hybridized carbons (Fsp3) is 0.889. The summed E-state index contributed by atoms with van der Waals surface area (Å²) in [4.78, 5) is 13.2. The summed E-state index contributed by atoms with van der Waals surface area (Å²) in [5.41, 5.74) is 5.75. The molecule has 0 radical (unpaired) electrons. The minimum atomic E-state index is -0.405. The summed E-state index contributed by atoms with van der Waals surface area (Å²) in [5, 5.41) is 9.01. The van der Waals surface area contributed by atoms with E-state index in [0.29, 0.717) is 13.1 Å². The van der Waals surface area contributed by atoms with Crippen molar-refractivity contribution in [3.05, 3.63) is 0 Å². The maximum atomic E-state index is 11.6. The molecule has 1 rings (SSSR count). The second-order valence-corrected chi connectivity index (χ2v) is 3.81. The van der Waals surface area contributed by atoms with Gasteiger partial charge in [-0.1, -0.05) is 20.3 Å². The first-order valence-electron chi connectivity index (χ1n) is 4.78. The third-order valence-corrected chi connectivity index (χ3v) is 2.72. The zero-order valence-corrected chi connectivity index (χ0v) is 8.23. The molecule has 3 N–H and O–H groups in total. The molecule has 4 heteroatoms. The van der Waals surface area contributed by atoms with Gasteiger partial charge in [0.25, 0.3) is 0 Å². The van der Waals surface area contributed by atoms with Crippen LogP contribution in [0, 0.1) is 5.92 Å². The Morgan fingerprint density at radius 1 is 1.69 bits per heavy atom. The molecular weight excluding hydrogens is 168 g/mol. The van der Waals surface area contributed by atoms with Crippen molar-refractivity contribution in [1.82, 2.24) is 4.90 Å². The number of hydrogen-bond donors (Lipinski definition) is 2. The fourth-order valence-corrected chi connectivity index (χ4v) is 1.34. The number of aliphatic hydroxyl groups is 1. The number of carbonyl (C=O) groups excluding carboxylic acids is 1. The van der Waals surface area contributed by atoms with E-state index in [1.807, 2.05) is 13.8 Å². The van der Waals surface area contributed by atoms with E-state index >= 15 is 0 Å². The highest BCUT2D eigenvalue weighted by Gasteiger charge is 2.33. The van der Waals surface area contributed by atoms with Crippen LogP contribution in [0.25, 0.3) is 0 Å². The van der Waals surface area contributed by atoms with Gasteiger partial charge in [0.05, 0.1) is 12.1 Å². The minimum Gasteiger partial charge on any atom is -0.389 e. The van der Waals surface area contributed by atoms with Crippen LogP contribution in [-0.4, -0.2) is 41.1 Å². The Morgan fingerprint density at radius 3 is 2.62 bits per heavy atom. The molecule has 1 fully saturated rings. The van der Waals surface area contributed by atoms with Gasteiger partial charge in [-0.3, -0.25) is 4.79 Å². The Morgan fingerprint density at radius 2 is 2.23 bits per heavy atom. The van der Waals surface area contributed by atoms with E-state index in [9.17, 15) is 4.79 Å². The number of likely N-dealkylation sites (tertiary alicyclic amines) is 1. The predicted octanol–water partition coefficient (Wildman–Crippen LogP) is -0.437. The van der Waals surface area contributed by atoms with Crippen LogP contribution in [0.3, 0.4) is 0 Å². The number of hydrogen-bond acceptors (Lipinski definition) is 3. The van der Waals surface area contributed by atoms with Crippen LogP contribution in [0.2, 0.25) is 0 Å². The fourth-order valence-electron chi connectivity index (χ4n) is 1.34. The van der Waals surface area contributed by atoms with E-state index in [4.69, 9.17) is 10.8 Å². The molecule has 2 atom stereocenters. The molecule has 1 aliphatic rings. The number of rotatable bonds is 3. The molecule has 1 saturated heterocycles. The summed E-state index contributed by atoms with van der Waals surface area (Å²) >= 11 is 0. The highest BCUT2D eigenvalue weighted by molar-refractivity contribution is 5.82. The predicted molar refractivity (Wildman–Crippen MR) is 50.0 cm³/mol. The van der Waals surface area contributed by atoms with Crippen LogP contribution < -0.4 is 5.73 Å². The van der Waals surface area contributed by atoms with Gasteiger partial charge in [-0.25, -0.2) is 0 Å². The molecule has 1 heterocycles. The molecule has 4 nitrogen and oxygen atoms in total. The van der Waals surface area contributed by atoms with Crippen LogP contribution in [0.5, 0.6) is 0 Å². The lowest BCUT2D eigenvalue weighted by Crippen LogP contribution is -2.59. The molecule has 1 aliphatic heterocycles. The van der Waals surface area contributed by atoms with Gasteiger partial charge in [-0.2, -0.15) is 0 Å². The summed E-state index contributed by atoms with van der Waals surface area (Å²) < 4.78 is 0. The Bertz CT molecular complexity index is 190.